The lowest BCUT2D eigenvalue weighted by atomic mass is 10.1. The lowest BCUT2D eigenvalue weighted by Crippen LogP contribution is -2.26. The van der Waals surface area contributed by atoms with E-state index >= 15 is 0 Å². The summed E-state index contributed by atoms with van der Waals surface area (Å²) < 4.78 is 1.77. The maximum atomic E-state index is 5.54. The number of aryl methyl sites for hydroxylation is 4. The minimum atomic E-state index is 0.305. The molecular weight excluding hydrogens is 458 g/mol. The first kappa shape index (κ1) is 24.0. The second kappa shape index (κ2) is 10.8. The summed E-state index contributed by atoms with van der Waals surface area (Å²) in [7, 11) is 0. The second-order valence-electron chi connectivity index (χ2n) is 8.22. The van der Waals surface area contributed by atoms with E-state index in [-0.39, 0.29) is 0 Å². The summed E-state index contributed by atoms with van der Waals surface area (Å²) in [5, 5.41) is 14.1. The molecule has 0 saturated heterocycles. The van der Waals surface area contributed by atoms with E-state index < -0.39 is 0 Å². The van der Waals surface area contributed by atoms with Crippen LogP contribution in [0.5, 0.6) is 0 Å². The van der Waals surface area contributed by atoms with E-state index in [0.29, 0.717) is 23.6 Å². The van der Waals surface area contributed by atoms with Gasteiger partial charge < -0.3 is 10.6 Å². The van der Waals surface area contributed by atoms with Gasteiger partial charge >= 0.3 is 0 Å². The molecule has 2 heterocycles. The Kier molecular flexibility index (Phi) is 7.41. The Bertz CT molecular complexity index is 1330. The van der Waals surface area contributed by atoms with Crippen LogP contribution in [-0.4, -0.2) is 35.8 Å². The fourth-order valence-electron chi connectivity index (χ4n) is 3.51. The van der Waals surface area contributed by atoms with Crippen LogP contribution in [0.4, 0.5) is 17.3 Å². The molecule has 0 fully saturated rings. The minimum Gasteiger partial charge on any atom is -0.331 e. The second-order valence-corrected chi connectivity index (χ2v) is 8.61. The monoisotopic (exact) mass is 485 g/mol. The average Bonchev–Trinajstić information content (AvgIpc) is 3.29. The normalized spacial score (nSPS) is 11.3. The Balaban J connectivity index is 1.54. The zero-order valence-corrected chi connectivity index (χ0v) is 20.9. The molecule has 0 saturated carbocycles. The van der Waals surface area contributed by atoms with Gasteiger partial charge in [0.25, 0.3) is 0 Å². The van der Waals surface area contributed by atoms with Crippen LogP contribution in [0.1, 0.15) is 28.1 Å². The van der Waals surface area contributed by atoms with Crippen LogP contribution in [0.3, 0.4) is 0 Å². The van der Waals surface area contributed by atoms with E-state index in [0.717, 1.165) is 33.9 Å². The summed E-state index contributed by atoms with van der Waals surface area (Å²) in [5.41, 5.74) is 6.82. The lowest BCUT2D eigenvalue weighted by molar-refractivity contribution is 0.685. The zero-order chi connectivity index (χ0) is 24.8. The highest BCUT2D eigenvalue weighted by Gasteiger charge is 2.08. The van der Waals surface area contributed by atoms with E-state index in [2.05, 4.69) is 54.0 Å². The fraction of sp³-hybridized carbons (Fsp3) is 0.200. The molecule has 0 aliphatic heterocycles. The third-order valence-electron chi connectivity index (χ3n) is 5.08. The standard InChI is InChI=1S/C25H27N9S/c1-16-5-10-22(17(2)11-16)31-25(35)33-24(32-23-28-18(3)12-19(4)29-23)30-21-8-6-20(7-9-21)13-34-15-26-14-27-34/h5-12,14-15H,13H2,1-4H3,(H3,28,29,30,31,32,33,35). The minimum absolute atomic E-state index is 0.305. The number of guanidine groups is 1. The largest absolute Gasteiger partial charge is 0.331 e. The molecular formula is C25H27N9S. The summed E-state index contributed by atoms with van der Waals surface area (Å²) in [6, 6.07) is 16.0. The molecule has 2 aromatic heterocycles. The Hall–Kier alpha value is -4.18. The summed E-state index contributed by atoms with van der Waals surface area (Å²) in [6.07, 6.45) is 3.21. The third-order valence-corrected chi connectivity index (χ3v) is 5.27. The Morgan fingerprint density at radius 2 is 1.66 bits per heavy atom. The number of thiocarbonyl (C=S) groups is 1. The number of hydrogen-bond donors (Lipinski definition) is 3. The maximum absolute atomic E-state index is 5.54. The van der Waals surface area contributed by atoms with Gasteiger partial charge in [-0.25, -0.2) is 19.6 Å². The highest BCUT2D eigenvalue weighted by molar-refractivity contribution is 7.80. The summed E-state index contributed by atoms with van der Waals surface area (Å²) in [6.45, 7) is 8.57. The molecule has 4 rings (SSSR count). The van der Waals surface area contributed by atoms with Gasteiger partial charge in [-0.2, -0.15) is 10.1 Å². The number of nitrogens with zero attached hydrogens (tertiary/aromatic N) is 6. The molecule has 0 aliphatic carbocycles. The number of aliphatic imine (C=N–C) groups is 1. The van der Waals surface area contributed by atoms with Crippen LogP contribution in [0.25, 0.3) is 0 Å². The van der Waals surface area contributed by atoms with E-state index in [4.69, 9.17) is 12.2 Å². The van der Waals surface area contributed by atoms with Crippen molar-refractivity contribution in [1.29, 1.82) is 0 Å². The molecule has 4 aromatic rings. The number of anilines is 3. The molecule has 178 valence electrons. The van der Waals surface area contributed by atoms with E-state index in [1.54, 1.807) is 11.0 Å². The summed E-state index contributed by atoms with van der Waals surface area (Å²) >= 11 is 5.54. The maximum Gasteiger partial charge on any atom is 0.229 e. The van der Waals surface area contributed by atoms with Crippen molar-refractivity contribution in [2.75, 3.05) is 16.0 Å². The van der Waals surface area contributed by atoms with E-state index in [1.807, 2.05) is 63.2 Å². The van der Waals surface area contributed by atoms with Gasteiger partial charge in [-0.15, -0.1) is 0 Å². The quantitative estimate of drug-likeness (QED) is 0.214. The molecule has 0 atom stereocenters. The van der Waals surface area contributed by atoms with E-state index in [9.17, 15) is 0 Å². The van der Waals surface area contributed by atoms with Gasteiger partial charge in [-0.1, -0.05) is 29.8 Å². The summed E-state index contributed by atoms with van der Waals surface area (Å²) in [4.78, 5) is 17.5. The molecule has 0 aliphatic rings. The Morgan fingerprint density at radius 1 is 0.914 bits per heavy atom. The smallest absolute Gasteiger partial charge is 0.229 e. The van der Waals surface area contributed by atoms with Gasteiger partial charge in [0.1, 0.15) is 12.7 Å². The Labute approximate surface area is 209 Å². The molecule has 0 bridgehead atoms. The van der Waals surface area contributed by atoms with Crippen molar-refractivity contribution >= 4 is 40.6 Å². The third kappa shape index (κ3) is 6.90. The highest BCUT2D eigenvalue weighted by Crippen LogP contribution is 2.17. The van der Waals surface area contributed by atoms with Crippen LogP contribution < -0.4 is 16.0 Å². The average molecular weight is 486 g/mol. The lowest BCUT2D eigenvalue weighted by Gasteiger charge is -2.14. The van der Waals surface area contributed by atoms with Crippen LogP contribution in [0, 0.1) is 27.7 Å². The van der Waals surface area contributed by atoms with Gasteiger partial charge in [0.2, 0.25) is 17.0 Å². The predicted octanol–water partition coefficient (Wildman–Crippen LogP) is 4.63. The van der Waals surface area contributed by atoms with Crippen molar-refractivity contribution in [3.63, 3.8) is 0 Å². The zero-order valence-electron chi connectivity index (χ0n) is 20.1. The van der Waals surface area contributed by atoms with Gasteiger partial charge in [0.15, 0.2) is 0 Å². The van der Waals surface area contributed by atoms with Gasteiger partial charge in [-0.3, -0.25) is 5.32 Å². The first-order chi connectivity index (χ1) is 16.8. The molecule has 9 nitrogen and oxygen atoms in total. The number of aromatic nitrogens is 5. The molecule has 0 spiro atoms. The molecule has 35 heavy (non-hydrogen) atoms. The van der Waals surface area contributed by atoms with Gasteiger partial charge in [0.05, 0.1) is 6.54 Å². The molecule has 2 aromatic carbocycles. The van der Waals surface area contributed by atoms with Crippen LogP contribution in [0.15, 0.2) is 66.2 Å². The van der Waals surface area contributed by atoms with Crippen molar-refractivity contribution in [3.05, 3.63) is 89.3 Å². The fourth-order valence-corrected chi connectivity index (χ4v) is 3.71. The topological polar surface area (TPSA) is 105 Å². The number of benzene rings is 2. The van der Waals surface area contributed by atoms with Gasteiger partial charge in [-0.05, 0) is 75.3 Å². The van der Waals surface area contributed by atoms with E-state index in [1.165, 1.54) is 11.9 Å². The van der Waals surface area contributed by atoms with Crippen molar-refractivity contribution < 1.29 is 0 Å². The number of rotatable bonds is 5. The van der Waals surface area contributed by atoms with Crippen molar-refractivity contribution in [1.82, 2.24) is 24.7 Å². The molecule has 0 unspecified atom stereocenters. The van der Waals surface area contributed by atoms with Crippen molar-refractivity contribution in [2.24, 2.45) is 4.99 Å². The molecule has 3 N–H and O–H groups in total. The SMILES string of the molecule is Cc1ccc(NC(=S)/N=C(\Nc2ccc(Cn3cncn3)cc2)Nc2nc(C)cc(C)n2)c(C)c1. The Morgan fingerprint density at radius 3 is 2.31 bits per heavy atom. The molecule has 10 heteroatoms. The summed E-state index contributed by atoms with van der Waals surface area (Å²) in [5.74, 6) is 0.840. The van der Waals surface area contributed by atoms with Crippen LogP contribution in [-0.2, 0) is 6.54 Å². The first-order valence-corrected chi connectivity index (χ1v) is 11.5. The van der Waals surface area contributed by atoms with Crippen LogP contribution >= 0.6 is 12.2 Å². The van der Waals surface area contributed by atoms with Crippen molar-refractivity contribution in [2.45, 2.75) is 34.2 Å². The molecule has 0 radical (unpaired) electrons. The van der Waals surface area contributed by atoms with Gasteiger partial charge in [0, 0.05) is 22.8 Å². The highest BCUT2D eigenvalue weighted by atomic mass is 32.1. The van der Waals surface area contributed by atoms with Crippen LogP contribution in [0.2, 0.25) is 0 Å². The van der Waals surface area contributed by atoms with Crippen molar-refractivity contribution in [3.8, 4) is 0 Å². The molecule has 0 amide bonds. The number of hydrogen-bond acceptors (Lipinski definition) is 5. The number of nitrogens with one attached hydrogen (secondary N) is 3. The first-order valence-electron chi connectivity index (χ1n) is 11.1. The predicted molar refractivity (Wildman–Crippen MR) is 144 cm³/mol.